The molecular formula is C29H30ClN5OS. The van der Waals surface area contributed by atoms with E-state index in [0.717, 1.165) is 64.7 Å². The summed E-state index contributed by atoms with van der Waals surface area (Å²) in [5.41, 5.74) is 4.65. The summed E-state index contributed by atoms with van der Waals surface area (Å²) in [6, 6.07) is 6.68. The van der Waals surface area contributed by atoms with E-state index in [1.165, 1.54) is 57.0 Å². The molecule has 2 fully saturated rings. The Morgan fingerprint density at radius 3 is 2.73 bits per heavy atom. The van der Waals surface area contributed by atoms with E-state index in [0.29, 0.717) is 21.9 Å². The molecule has 3 aliphatic rings. The highest BCUT2D eigenvalue weighted by molar-refractivity contribution is 7.19. The topological polar surface area (TPSA) is 71.0 Å². The Hall–Kier alpha value is -2.79. The van der Waals surface area contributed by atoms with Crippen molar-refractivity contribution in [3.63, 3.8) is 0 Å². The molecule has 3 heterocycles. The van der Waals surface area contributed by atoms with Crippen molar-refractivity contribution in [1.29, 1.82) is 0 Å². The van der Waals surface area contributed by atoms with Gasteiger partial charge in [0.2, 0.25) is 5.91 Å². The summed E-state index contributed by atoms with van der Waals surface area (Å²) < 4.78 is 0. The fourth-order valence-electron chi connectivity index (χ4n) is 5.72. The molecule has 6 rings (SSSR count). The number of carbonyl (C=O) groups excluding carboxylic acids is 1. The van der Waals surface area contributed by atoms with Crippen LogP contribution in [0, 0.1) is 17.8 Å². The first-order chi connectivity index (χ1) is 18.0. The number of likely N-dealkylation sites (tertiary alicyclic amines) is 1. The Kier molecular flexibility index (Phi) is 6.98. The quantitative estimate of drug-likeness (QED) is 0.421. The van der Waals surface area contributed by atoms with Crippen LogP contribution in [0.1, 0.15) is 62.3 Å². The van der Waals surface area contributed by atoms with Gasteiger partial charge >= 0.3 is 0 Å². The molecular weight excluding hydrogens is 502 g/mol. The van der Waals surface area contributed by atoms with Crippen LogP contribution >= 0.6 is 22.9 Å². The normalized spacial score (nSPS) is 18.1. The molecule has 3 aromatic rings. The van der Waals surface area contributed by atoms with Crippen molar-refractivity contribution in [2.45, 2.75) is 64.3 Å². The lowest BCUT2D eigenvalue weighted by molar-refractivity contribution is -0.114. The minimum atomic E-state index is -0.126. The first-order valence-electron chi connectivity index (χ1n) is 13.2. The van der Waals surface area contributed by atoms with Crippen molar-refractivity contribution in [2.75, 3.05) is 18.4 Å². The highest BCUT2D eigenvalue weighted by Crippen LogP contribution is 2.39. The number of hydrogen-bond donors (Lipinski definition) is 1. The van der Waals surface area contributed by atoms with Gasteiger partial charge < -0.3 is 10.2 Å². The van der Waals surface area contributed by atoms with Gasteiger partial charge in [0.1, 0.15) is 0 Å². The van der Waals surface area contributed by atoms with Crippen LogP contribution < -0.4 is 5.32 Å². The minimum Gasteiger partial charge on any atom is -0.302 e. The first kappa shape index (κ1) is 24.5. The van der Waals surface area contributed by atoms with Gasteiger partial charge in [-0.15, -0.1) is 0 Å². The minimum absolute atomic E-state index is 0.126. The average Bonchev–Trinajstić information content (AvgIpc) is 3.58. The summed E-state index contributed by atoms with van der Waals surface area (Å²) in [5.74, 6) is 7.83. The second-order valence-corrected chi connectivity index (χ2v) is 11.7. The van der Waals surface area contributed by atoms with Crippen molar-refractivity contribution in [2.24, 2.45) is 5.92 Å². The Morgan fingerprint density at radius 1 is 1.14 bits per heavy atom. The van der Waals surface area contributed by atoms with Crippen LogP contribution in [0.5, 0.6) is 0 Å². The van der Waals surface area contributed by atoms with Crippen LogP contribution in [0.25, 0.3) is 22.0 Å². The fourth-order valence-corrected chi connectivity index (χ4v) is 7.00. The number of benzene rings is 1. The first-order valence-corrected chi connectivity index (χ1v) is 14.4. The maximum atomic E-state index is 11.5. The molecule has 0 atom stereocenters. The molecule has 0 spiro atoms. The summed E-state index contributed by atoms with van der Waals surface area (Å²) in [6.45, 7) is 3.83. The van der Waals surface area contributed by atoms with Gasteiger partial charge in [-0.05, 0) is 75.4 Å². The number of amides is 1. The number of rotatable bonds is 3. The molecule has 6 nitrogen and oxygen atoms in total. The molecule has 1 amide bonds. The predicted octanol–water partition coefficient (Wildman–Crippen LogP) is 5.98. The van der Waals surface area contributed by atoms with Crippen LogP contribution in [0.15, 0.2) is 24.4 Å². The molecule has 1 N–H and O–H groups in total. The Morgan fingerprint density at radius 2 is 1.95 bits per heavy atom. The van der Waals surface area contributed by atoms with Crippen molar-refractivity contribution >= 4 is 34.0 Å². The number of nitrogens with zero attached hydrogens (tertiary/aromatic N) is 4. The zero-order valence-electron chi connectivity index (χ0n) is 21.0. The maximum absolute atomic E-state index is 11.5. The van der Waals surface area contributed by atoms with E-state index in [1.807, 2.05) is 24.4 Å². The molecule has 0 radical (unpaired) electrons. The van der Waals surface area contributed by atoms with Crippen LogP contribution in [0.3, 0.4) is 0 Å². The zero-order chi connectivity index (χ0) is 25.4. The Bertz CT molecular complexity index is 1390. The molecule has 0 bridgehead atoms. The monoisotopic (exact) mass is 531 g/mol. The molecule has 37 heavy (non-hydrogen) atoms. The molecule has 1 saturated carbocycles. The van der Waals surface area contributed by atoms with E-state index in [9.17, 15) is 4.79 Å². The largest absolute Gasteiger partial charge is 0.302 e. The third-order valence-corrected chi connectivity index (χ3v) is 9.04. The average molecular weight is 532 g/mol. The summed E-state index contributed by atoms with van der Waals surface area (Å²) in [7, 11) is 0. The van der Waals surface area contributed by atoms with E-state index in [2.05, 4.69) is 32.0 Å². The van der Waals surface area contributed by atoms with Gasteiger partial charge in [-0.2, -0.15) is 0 Å². The molecule has 190 valence electrons. The lowest BCUT2D eigenvalue weighted by Gasteiger charge is -2.34. The second kappa shape index (κ2) is 10.5. The Labute approximate surface area is 226 Å². The van der Waals surface area contributed by atoms with Crippen LogP contribution in [0.4, 0.5) is 5.13 Å². The predicted molar refractivity (Wildman–Crippen MR) is 149 cm³/mol. The number of hydrogen-bond acceptors (Lipinski definition) is 6. The molecule has 1 aliphatic heterocycles. The summed E-state index contributed by atoms with van der Waals surface area (Å²) in [5, 5.41) is 4.01. The summed E-state index contributed by atoms with van der Waals surface area (Å²) in [6.07, 6.45) is 11.3. The summed E-state index contributed by atoms with van der Waals surface area (Å²) in [4.78, 5) is 29.4. The number of carbonyl (C=O) groups is 1. The standard InChI is InChI=1S/C29H30ClN5OS/c1-18(36)32-29-33-25-11-9-21-17-31-28(34-26(21)27(25)37-29)23-16-20(8-10-24(23)30)7-6-19-12-14-35(15-13-19)22-4-2-3-5-22/h8,10,16-17,19,22H,2-5,9,11-15H2,1H3,(H,32,33,36). The van der Waals surface area contributed by atoms with E-state index in [-0.39, 0.29) is 5.91 Å². The van der Waals surface area contributed by atoms with E-state index in [4.69, 9.17) is 16.6 Å². The smallest absolute Gasteiger partial charge is 0.223 e. The fraction of sp³-hybridized carbons (Fsp3) is 0.448. The second-order valence-electron chi connectivity index (χ2n) is 10.3. The highest BCUT2D eigenvalue weighted by Gasteiger charge is 2.27. The molecule has 0 unspecified atom stereocenters. The van der Waals surface area contributed by atoms with E-state index in [1.54, 1.807) is 0 Å². The number of aromatic nitrogens is 3. The third kappa shape index (κ3) is 5.29. The van der Waals surface area contributed by atoms with Gasteiger partial charge in [0.15, 0.2) is 11.0 Å². The van der Waals surface area contributed by atoms with E-state index >= 15 is 0 Å². The van der Waals surface area contributed by atoms with Gasteiger partial charge in [0, 0.05) is 36.2 Å². The molecule has 1 saturated heterocycles. The van der Waals surface area contributed by atoms with Gasteiger partial charge in [0.25, 0.3) is 0 Å². The van der Waals surface area contributed by atoms with Gasteiger partial charge in [-0.25, -0.2) is 15.0 Å². The number of nitrogens with one attached hydrogen (secondary N) is 1. The number of halogens is 1. The molecule has 2 aromatic heterocycles. The Balaban J connectivity index is 1.22. The van der Waals surface area contributed by atoms with Gasteiger partial charge in [-0.3, -0.25) is 4.79 Å². The zero-order valence-corrected chi connectivity index (χ0v) is 22.6. The summed E-state index contributed by atoms with van der Waals surface area (Å²) >= 11 is 8.07. The van der Waals surface area contributed by atoms with E-state index < -0.39 is 0 Å². The van der Waals surface area contributed by atoms with Crippen molar-refractivity contribution in [3.05, 3.63) is 46.2 Å². The van der Waals surface area contributed by atoms with Crippen molar-refractivity contribution < 1.29 is 4.79 Å². The third-order valence-electron chi connectivity index (χ3n) is 7.69. The van der Waals surface area contributed by atoms with Crippen LogP contribution in [0.2, 0.25) is 5.02 Å². The lowest BCUT2D eigenvalue weighted by Crippen LogP contribution is -2.39. The number of thiazole rings is 1. The maximum Gasteiger partial charge on any atom is 0.223 e. The van der Waals surface area contributed by atoms with Crippen LogP contribution in [-0.4, -0.2) is 44.9 Å². The molecule has 8 heteroatoms. The SMILES string of the molecule is CC(=O)Nc1nc2c(s1)-c1nc(-c3cc(C#CC4CCN(C5CCCC5)CC4)ccc3Cl)ncc1CC2. The van der Waals surface area contributed by atoms with Crippen molar-refractivity contribution in [3.8, 4) is 33.8 Å². The number of anilines is 1. The highest BCUT2D eigenvalue weighted by atomic mass is 35.5. The lowest BCUT2D eigenvalue weighted by atomic mass is 9.95. The number of fused-ring (bicyclic) bond motifs is 3. The van der Waals surface area contributed by atoms with Crippen molar-refractivity contribution in [1.82, 2.24) is 19.9 Å². The van der Waals surface area contributed by atoms with Gasteiger partial charge in [-0.1, -0.05) is 47.6 Å². The molecule has 1 aromatic carbocycles. The number of aryl methyl sites for hydroxylation is 2. The van der Waals surface area contributed by atoms with Crippen LogP contribution in [-0.2, 0) is 17.6 Å². The van der Waals surface area contributed by atoms with Gasteiger partial charge in [0.05, 0.1) is 21.3 Å². The molecule has 2 aliphatic carbocycles. The number of piperidine rings is 1.